The van der Waals surface area contributed by atoms with E-state index in [1.165, 1.54) is 0 Å². The highest BCUT2D eigenvalue weighted by Crippen LogP contribution is 2.63. The molecule has 2 unspecified atom stereocenters. The van der Waals surface area contributed by atoms with E-state index in [2.05, 4.69) is 13.2 Å². The first kappa shape index (κ1) is 29.8. The Labute approximate surface area is 237 Å². The molecule has 0 radical (unpaired) electrons. The number of hydrogen-bond donors (Lipinski definition) is 1. The summed E-state index contributed by atoms with van der Waals surface area (Å²) in [6.07, 6.45) is 7.48. The van der Waals surface area contributed by atoms with Gasteiger partial charge in [0.1, 0.15) is 17.4 Å². The molecule has 4 rings (SSSR count). The number of likely N-dealkylation sites (N-methyl/N-ethyl adjacent to an activating group) is 1. The zero-order valence-electron chi connectivity index (χ0n) is 24.0. The molecule has 0 aromatic heterocycles. The highest BCUT2D eigenvalue weighted by atomic mass is 16.5. The van der Waals surface area contributed by atoms with Crippen LogP contribution in [0.1, 0.15) is 45.4 Å². The summed E-state index contributed by atoms with van der Waals surface area (Å²) in [6.45, 7) is 10.6. The lowest BCUT2D eigenvalue weighted by Crippen LogP contribution is -2.56. The van der Waals surface area contributed by atoms with Crippen molar-refractivity contribution in [2.45, 2.75) is 62.7 Å². The van der Waals surface area contributed by atoms with E-state index in [0.717, 1.165) is 12.8 Å². The average molecular weight is 554 g/mol. The number of anilines is 1. The minimum absolute atomic E-state index is 0.127. The second-order valence-electron chi connectivity index (χ2n) is 11.3. The van der Waals surface area contributed by atoms with Crippen LogP contribution in [0.5, 0.6) is 5.75 Å². The second kappa shape index (κ2) is 12.1. The van der Waals surface area contributed by atoms with Crippen LogP contribution in [-0.2, 0) is 19.1 Å². The molecule has 1 aromatic carbocycles. The van der Waals surface area contributed by atoms with Crippen molar-refractivity contribution < 1.29 is 29.0 Å². The van der Waals surface area contributed by atoms with Crippen molar-refractivity contribution in [3.63, 3.8) is 0 Å². The van der Waals surface area contributed by atoms with Crippen LogP contribution >= 0.6 is 0 Å². The van der Waals surface area contributed by atoms with E-state index in [1.807, 2.05) is 19.1 Å². The molecule has 9 nitrogen and oxygen atoms in total. The van der Waals surface area contributed by atoms with Gasteiger partial charge in [-0.1, -0.05) is 25.0 Å². The molecule has 3 heterocycles. The highest BCUT2D eigenvalue weighted by molar-refractivity contribution is 6.05. The zero-order chi connectivity index (χ0) is 29.1. The Balaban J connectivity index is 1.74. The van der Waals surface area contributed by atoms with Crippen molar-refractivity contribution in [3.05, 3.63) is 49.6 Å². The summed E-state index contributed by atoms with van der Waals surface area (Å²) in [5.41, 5.74) is -1.25. The van der Waals surface area contributed by atoms with Gasteiger partial charge in [-0.25, -0.2) is 0 Å². The number of nitrogens with zero attached hydrogens (tertiary/aromatic N) is 3. The van der Waals surface area contributed by atoms with Crippen LogP contribution in [0.4, 0.5) is 5.69 Å². The van der Waals surface area contributed by atoms with Gasteiger partial charge in [-0.2, -0.15) is 0 Å². The number of carbonyl (C=O) groups excluding carboxylic acids is 3. The number of fused-ring (bicyclic) bond motifs is 1. The molecule has 1 N–H and O–H groups in total. The second-order valence-corrected chi connectivity index (χ2v) is 11.3. The molecule has 5 atom stereocenters. The monoisotopic (exact) mass is 553 g/mol. The molecular formula is C31H43N3O6. The molecule has 1 aromatic rings. The molecule has 218 valence electrons. The van der Waals surface area contributed by atoms with Gasteiger partial charge in [-0.15, -0.1) is 13.2 Å². The van der Waals surface area contributed by atoms with E-state index in [9.17, 15) is 14.4 Å². The molecule has 1 spiro atoms. The molecule has 3 aliphatic heterocycles. The van der Waals surface area contributed by atoms with Gasteiger partial charge in [-0.3, -0.25) is 14.4 Å². The summed E-state index contributed by atoms with van der Waals surface area (Å²) >= 11 is 0. The van der Waals surface area contributed by atoms with Gasteiger partial charge in [0.15, 0.2) is 0 Å². The molecular weight excluding hydrogens is 510 g/mol. The number of hydrogen-bond acceptors (Lipinski definition) is 6. The number of methoxy groups -OCH3 is 1. The van der Waals surface area contributed by atoms with E-state index in [1.54, 1.807) is 53.1 Å². The topological polar surface area (TPSA) is 99.6 Å². The van der Waals surface area contributed by atoms with Crippen LogP contribution in [0.25, 0.3) is 0 Å². The molecule has 3 saturated heterocycles. The van der Waals surface area contributed by atoms with E-state index in [0.29, 0.717) is 50.2 Å². The van der Waals surface area contributed by atoms with Crippen LogP contribution in [0.15, 0.2) is 49.6 Å². The normalized spacial score (nSPS) is 28.4. The smallest absolute Gasteiger partial charge is 0.253 e. The Bertz CT molecular complexity index is 1120. The van der Waals surface area contributed by atoms with Gasteiger partial charge >= 0.3 is 0 Å². The maximum atomic E-state index is 14.6. The lowest BCUT2D eigenvalue weighted by Gasteiger charge is -2.37. The van der Waals surface area contributed by atoms with Crippen LogP contribution in [0, 0.1) is 11.8 Å². The summed E-state index contributed by atoms with van der Waals surface area (Å²) in [6, 6.07) is 6.35. The fourth-order valence-electron chi connectivity index (χ4n) is 6.95. The Morgan fingerprint density at radius 2 is 1.77 bits per heavy atom. The van der Waals surface area contributed by atoms with E-state index >= 15 is 0 Å². The van der Waals surface area contributed by atoms with Gasteiger partial charge in [0, 0.05) is 39.0 Å². The maximum Gasteiger partial charge on any atom is 0.253 e. The Morgan fingerprint density at radius 1 is 1.10 bits per heavy atom. The van der Waals surface area contributed by atoms with Crippen molar-refractivity contribution in [1.29, 1.82) is 0 Å². The first-order chi connectivity index (χ1) is 19.2. The summed E-state index contributed by atoms with van der Waals surface area (Å²) in [4.78, 5) is 47.4. The predicted molar refractivity (Wildman–Crippen MR) is 153 cm³/mol. The molecule has 2 bridgehead atoms. The number of ether oxygens (including phenoxy) is 2. The quantitative estimate of drug-likeness (QED) is 0.281. The Morgan fingerprint density at radius 3 is 2.40 bits per heavy atom. The van der Waals surface area contributed by atoms with Crippen LogP contribution in [-0.4, -0.2) is 90.3 Å². The third kappa shape index (κ3) is 5.05. The van der Waals surface area contributed by atoms with Gasteiger partial charge in [-0.05, 0) is 56.9 Å². The molecule has 0 aliphatic carbocycles. The number of carbonyl (C=O) groups is 3. The van der Waals surface area contributed by atoms with Crippen molar-refractivity contribution in [2.24, 2.45) is 11.8 Å². The number of benzene rings is 1. The molecule has 3 fully saturated rings. The number of rotatable bonds is 14. The van der Waals surface area contributed by atoms with Gasteiger partial charge < -0.3 is 29.3 Å². The molecule has 40 heavy (non-hydrogen) atoms. The van der Waals surface area contributed by atoms with Crippen molar-refractivity contribution in [1.82, 2.24) is 9.80 Å². The molecule has 9 heteroatoms. The average Bonchev–Trinajstić information content (AvgIpc) is 3.51. The van der Waals surface area contributed by atoms with E-state index < -0.39 is 29.1 Å². The largest absolute Gasteiger partial charge is 0.497 e. The van der Waals surface area contributed by atoms with Crippen LogP contribution in [0.2, 0.25) is 0 Å². The summed E-state index contributed by atoms with van der Waals surface area (Å²) < 4.78 is 12.0. The van der Waals surface area contributed by atoms with Crippen molar-refractivity contribution in [3.8, 4) is 5.75 Å². The minimum Gasteiger partial charge on any atom is -0.497 e. The lowest BCUT2D eigenvalue weighted by atomic mass is 9.66. The number of aliphatic hydroxyl groups excluding tert-OH is 1. The third-order valence-corrected chi connectivity index (χ3v) is 8.82. The first-order valence-corrected chi connectivity index (χ1v) is 14.2. The van der Waals surface area contributed by atoms with E-state index in [4.69, 9.17) is 14.6 Å². The van der Waals surface area contributed by atoms with Gasteiger partial charge in [0.25, 0.3) is 5.91 Å². The number of amides is 3. The lowest BCUT2D eigenvalue weighted by molar-refractivity contribution is -0.149. The maximum absolute atomic E-state index is 14.6. The highest BCUT2D eigenvalue weighted by Gasteiger charge is 2.78. The van der Waals surface area contributed by atoms with E-state index in [-0.39, 0.29) is 30.9 Å². The van der Waals surface area contributed by atoms with Gasteiger partial charge in [0.2, 0.25) is 11.8 Å². The van der Waals surface area contributed by atoms with Crippen molar-refractivity contribution in [2.75, 3.05) is 45.3 Å². The molecule has 0 saturated carbocycles. The van der Waals surface area contributed by atoms with Gasteiger partial charge in [0.05, 0.1) is 24.5 Å². The SMILES string of the molecule is C=CCN(C)C(=O)[C@H]1[C@H]2C(=O)N(CCCCCCO)C(C(=O)N(CC=C)c3ccc(OC)cc3)C23CC[C@]1(C)O3. The number of aliphatic hydroxyl groups is 1. The minimum atomic E-state index is -1.09. The summed E-state index contributed by atoms with van der Waals surface area (Å²) in [5, 5.41) is 9.17. The number of unbranched alkanes of at least 4 members (excludes halogenated alkanes) is 3. The first-order valence-electron chi connectivity index (χ1n) is 14.2. The van der Waals surface area contributed by atoms with Crippen LogP contribution in [0.3, 0.4) is 0 Å². The predicted octanol–water partition coefficient (Wildman–Crippen LogP) is 3.18. The summed E-state index contributed by atoms with van der Waals surface area (Å²) in [5.74, 6) is -1.34. The number of likely N-dealkylation sites (tertiary alicyclic amines) is 1. The fourth-order valence-corrected chi connectivity index (χ4v) is 6.95. The zero-order valence-corrected chi connectivity index (χ0v) is 24.0. The third-order valence-electron chi connectivity index (χ3n) is 8.82. The summed E-state index contributed by atoms with van der Waals surface area (Å²) in [7, 11) is 3.30. The standard InChI is InChI=1S/C31H43N3O6/c1-6-18-32(4)27(36)24-25-28(37)34(20-10-8-9-11-21-35)26(31(25)17-16-30(24,3)40-31)29(38)33(19-7-2)22-12-14-23(39-5)15-13-22/h6-7,12-15,24-26,35H,1-2,8-11,16-21H2,3-5H3/t24-,25+,26?,30+,31?/m1/s1. The molecule has 3 aliphatic rings. The fraction of sp³-hybridized carbons (Fsp3) is 0.581. The van der Waals surface area contributed by atoms with Crippen molar-refractivity contribution >= 4 is 23.4 Å². The Hall–Kier alpha value is -3.17. The van der Waals surface area contributed by atoms with Crippen LogP contribution < -0.4 is 9.64 Å². The Kier molecular flexibility index (Phi) is 9.05. The molecule has 3 amide bonds.